The van der Waals surface area contributed by atoms with E-state index in [2.05, 4.69) is 11.1 Å². The Bertz CT molecular complexity index is 536. The van der Waals surface area contributed by atoms with Crippen LogP contribution in [0, 0.1) is 18.3 Å². The maximum atomic E-state index is 11.4. The number of carboxylic acids is 1. The number of pyridine rings is 1. The van der Waals surface area contributed by atoms with Crippen LogP contribution in [0.2, 0.25) is 0 Å². The number of anilines is 1. The highest BCUT2D eigenvalue weighted by molar-refractivity contribution is 5.84. The van der Waals surface area contributed by atoms with Gasteiger partial charge < -0.3 is 10.0 Å². The smallest absolute Gasteiger partial charge is 0.329 e. The van der Waals surface area contributed by atoms with Crippen LogP contribution in [0.25, 0.3) is 0 Å². The summed E-state index contributed by atoms with van der Waals surface area (Å²) in [6.45, 7) is 4.14. The number of nitrogens with zero attached hydrogens (tertiary/aromatic N) is 3. The van der Waals surface area contributed by atoms with E-state index < -0.39 is 11.5 Å². The molecule has 0 radical (unpaired) electrons. The molecule has 0 aromatic carbocycles. The number of carbonyl (C=O) groups is 1. The van der Waals surface area contributed by atoms with Gasteiger partial charge >= 0.3 is 5.97 Å². The molecule has 5 nitrogen and oxygen atoms in total. The third-order valence-electron chi connectivity index (χ3n) is 3.61. The van der Waals surface area contributed by atoms with E-state index in [0.29, 0.717) is 24.3 Å². The summed E-state index contributed by atoms with van der Waals surface area (Å²) in [6.07, 6.45) is 2.98. The van der Waals surface area contributed by atoms with Crippen molar-refractivity contribution in [1.82, 2.24) is 4.98 Å². The number of carboxylic acid groups (broad SMARTS) is 1. The first-order valence-electron chi connectivity index (χ1n) is 5.87. The fourth-order valence-electron chi connectivity index (χ4n) is 2.41. The van der Waals surface area contributed by atoms with Crippen molar-refractivity contribution in [3.8, 4) is 6.07 Å². The standard InChI is InChI=1S/C13H15N3O2/c1-9-4-6-15-11(10(9)8-14)16-7-3-5-13(16,2)12(17)18/h4,6H,3,5,7H2,1-2H3,(H,17,18). The molecule has 1 aliphatic rings. The molecule has 0 amide bonds. The quantitative estimate of drug-likeness (QED) is 0.858. The van der Waals surface area contributed by atoms with E-state index >= 15 is 0 Å². The van der Waals surface area contributed by atoms with Crippen LogP contribution < -0.4 is 4.90 Å². The summed E-state index contributed by atoms with van der Waals surface area (Å²) in [5.74, 6) is -0.382. The Labute approximate surface area is 106 Å². The van der Waals surface area contributed by atoms with Gasteiger partial charge in [0.05, 0.1) is 5.56 Å². The fraction of sp³-hybridized carbons (Fsp3) is 0.462. The Kier molecular flexibility index (Phi) is 2.95. The lowest BCUT2D eigenvalue weighted by atomic mass is 9.98. The van der Waals surface area contributed by atoms with Gasteiger partial charge in [-0.15, -0.1) is 0 Å². The maximum absolute atomic E-state index is 11.4. The molecule has 1 aliphatic heterocycles. The summed E-state index contributed by atoms with van der Waals surface area (Å²) in [7, 11) is 0. The lowest BCUT2D eigenvalue weighted by Gasteiger charge is -2.32. The Balaban J connectivity index is 2.53. The Morgan fingerprint density at radius 3 is 3.00 bits per heavy atom. The largest absolute Gasteiger partial charge is 0.480 e. The highest BCUT2D eigenvalue weighted by Crippen LogP contribution is 2.35. The zero-order valence-electron chi connectivity index (χ0n) is 10.5. The van der Waals surface area contributed by atoms with Crippen molar-refractivity contribution < 1.29 is 9.90 Å². The highest BCUT2D eigenvalue weighted by Gasteiger charge is 2.44. The van der Waals surface area contributed by atoms with Crippen molar-refractivity contribution in [2.75, 3.05) is 11.4 Å². The number of rotatable bonds is 2. The zero-order chi connectivity index (χ0) is 13.3. The number of hydrogen-bond acceptors (Lipinski definition) is 4. The van der Waals surface area contributed by atoms with E-state index in [9.17, 15) is 15.2 Å². The minimum Gasteiger partial charge on any atom is -0.480 e. The Hall–Kier alpha value is -2.09. The second-order valence-electron chi connectivity index (χ2n) is 4.77. The van der Waals surface area contributed by atoms with Gasteiger partial charge in [-0.3, -0.25) is 0 Å². The van der Waals surface area contributed by atoms with Crippen LogP contribution in [0.4, 0.5) is 5.82 Å². The minimum absolute atomic E-state index is 0.465. The minimum atomic E-state index is -0.966. The average Bonchev–Trinajstić information content (AvgIpc) is 2.72. The van der Waals surface area contributed by atoms with Crippen molar-refractivity contribution in [2.45, 2.75) is 32.2 Å². The van der Waals surface area contributed by atoms with Crippen LogP contribution in [0.1, 0.15) is 30.9 Å². The van der Waals surface area contributed by atoms with Crippen molar-refractivity contribution in [3.63, 3.8) is 0 Å². The predicted octanol–water partition coefficient (Wildman–Crippen LogP) is 1.71. The monoisotopic (exact) mass is 245 g/mol. The number of aliphatic carboxylic acids is 1. The molecular formula is C13H15N3O2. The van der Waals surface area contributed by atoms with Crippen LogP contribution in [0.3, 0.4) is 0 Å². The van der Waals surface area contributed by atoms with Gasteiger partial charge in [-0.1, -0.05) is 0 Å². The van der Waals surface area contributed by atoms with E-state index in [0.717, 1.165) is 12.0 Å². The third kappa shape index (κ3) is 1.70. The Morgan fingerprint density at radius 1 is 1.67 bits per heavy atom. The molecule has 94 valence electrons. The molecule has 0 saturated carbocycles. The summed E-state index contributed by atoms with van der Waals surface area (Å²) < 4.78 is 0. The molecule has 1 unspecified atom stereocenters. The van der Waals surface area contributed by atoms with Gasteiger partial charge in [-0.25, -0.2) is 9.78 Å². The number of aryl methyl sites for hydroxylation is 1. The van der Waals surface area contributed by atoms with Crippen LogP contribution in [0.15, 0.2) is 12.3 Å². The predicted molar refractivity (Wildman–Crippen MR) is 66.3 cm³/mol. The lowest BCUT2D eigenvalue weighted by Crippen LogP contribution is -2.48. The number of aromatic nitrogens is 1. The SMILES string of the molecule is Cc1ccnc(N2CCCC2(C)C(=O)O)c1C#N. The van der Waals surface area contributed by atoms with Gasteiger partial charge in [0.25, 0.3) is 0 Å². The Morgan fingerprint density at radius 2 is 2.39 bits per heavy atom. The summed E-state index contributed by atoms with van der Waals surface area (Å²) in [6, 6.07) is 3.88. The van der Waals surface area contributed by atoms with E-state index in [1.54, 1.807) is 24.1 Å². The third-order valence-corrected chi connectivity index (χ3v) is 3.61. The molecule has 1 aromatic heterocycles. The summed E-state index contributed by atoms with van der Waals surface area (Å²) >= 11 is 0. The van der Waals surface area contributed by atoms with Crippen LogP contribution in [-0.4, -0.2) is 28.1 Å². The van der Waals surface area contributed by atoms with Crippen molar-refractivity contribution in [1.29, 1.82) is 5.26 Å². The molecule has 0 bridgehead atoms. The molecule has 2 heterocycles. The summed E-state index contributed by atoms with van der Waals surface area (Å²) in [5.41, 5.74) is 0.320. The van der Waals surface area contributed by atoms with Crippen molar-refractivity contribution in [3.05, 3.63) is 23.4 Å². The van der Waals surface area contributed by atoms with E-state index in [1.165, 1.54) is 0 Å². The molecular weight excluding hydrogens is 230 g/mol. The van der Waals surface area contributed by atoms with Crippen LogP contribution in [-0.2, 0) is 4.79 Å². The second kappa shape index (κ2) is 4.30. The first kappa shape index (κ1) is 12.4. The normalized spacial score (nSPS) is 22.8. The average molecular weight is 245 g/mol. The molecule has 1 aromatic rings. The highest BCUT2D eigenvalue weighted by atomic mass is 16.4. The second-order valence-corrected chi connectivity index (χ2v) is 4.77. The number of nitriles is 1. The zero-order valence-corrected chi connectivity index (χ0v) is 10.5. The van der Waals surface area contributed by atoms with Gasteiger partial charge in [-0.2, -0.15) is 5.26 Å². The molecule has 1 fully saturated rings. The van der Waals surface area contributed by atoms with Crippen molar-refractivity contribution >= 4 is 11.8 Å². The van der Waals surface area contributed by atoms with E-state index in [1.807, 2.05) is 6.92 Å². The number of hydrogen-bond donors (Lipinski definition) is 1. The first-order chi connectivity index (χ1) is 8.50. The van der Waals surface area contributed by atoms with Gasteiger partial charge in [0.15, 0.2) is 0 Å². The first-order valence-corrected chi connectivity index (χ1v) is 5.87. The molecule has 0 spiro atoms. The van der Waals surface area contributed by atoms with Gasteiger partial charge in [0.1, 0.15) is 17.4 Å². The van der Waals surface area contributed by atoms with Gasteiger partial charge in [0, 0.05) is 12.7 Å². The van der Waals surface area contributed by atoms with Crippen molar-refractivity contribution in [2.24, 2.45) is 0 Å². The van der Waals surface area contributed by atoms with Crippen LogP contribution >= 0.6 is 0 Å². The van der Waals surface area contributed by atoms with E-state index in [-0.39, 0.29) is 0 Å². The van der Waals surface area contributed by atoms with E-state index in [4.69, 9.17) is 0 Å². The topological polar surface area (TPSA) is 77.2 Å². The molecule has 18 heavy (non-hydrogen) atoms. The molecule has 0 aliphatic carbocycles. The van der Waals surface area contributed by atoms with Gasteiger partial charge in [0.2, 0.25) is 0 Å². The lowest BCUT2D eigenvalue weighted by molar-refractivity contribution is -0.142. The van der Waals surface area contributed by atoms with Gasteiger partial charge in [-0.05, 0) is 38.3 Å². The maximum Gasteiger partial charge on any atom is 0.329 e. The van der Waals surface area contributed by atoms with Crippen LogP contribution in [0.5, 0.6) is 0 Å². The molecule has 1 saturated heterocycles. The fourth-order valence-corrected chi connectivity index (χ4v) is 2.41. The molecule has 1 N–H and O–H groups in total. The molecule has 5 heteroatoms. The molecule has 2 rings (SSSR count). The summed E-state index contributed by atoms with van der Waals surface area (Å²) in [5, 5.41) is 18.6. The molecule has 1 atom stereocenters. The summed E-state index contributed by atoms with van der Waals surface area (Å²) in [4.78, 5) is 17.4.